The second-order valence-electron chi connectivity index (χ2n) is 5.81. The first-order valence-corrected chi connectivity index (χ1v) is 6.96. The number of rotatable bonds is 2. The van der Waals surface area contributed by atoms with Crippen LogP contribution in [0, 0.1) is 23.5 Å². The summed E-state index contributed by atoms with van der Waals surface area (Å²) in [7, 11) is 0. The van der Waals surface area contributed by atoms with Crippen LogP contribution in [0.5, 0.6) is 0 Å². The predicted molar refractivity (Wildman–Crippen MR) is 71.9 cm³/mol. The summed E-state index contributed by atoms with van der Waals surface area (Å²) in [6.07, 6.45) is 3.72. The zero-order valence-corrected chi connectivity index (χ0v) is 10.9. The second-order valence-corrected chi connectivity index (χ2v) is 5.81. The van der Waals surface area contributed by atoms with Gasteiger partial charge in [-0.1, -0.05) is 6.42 Å². The van der Waals surface area contributed by atoms with E-state index in [1.165, 1.54) is 31.4 Å². The zero-order valence-electron chi connectivity index (χ0n) is 10.9. The summed E-state index contributed by atoms with van der Waals surface area (Å²) in [5, 5.41) is 7.01. The van der Waals surface area contributed by atoms with Crippen molar-refractivity contribution < 1.29 is 8.78 Å². The van der Waals surface area contributed by atoms with Crippen molar-refractivity contribution in [2.45, 2.75) is 25.2 Å². The highest BCUT2D eigenvalue weighted by molar-refractivity contribution is 5.77. The summed E-state index contributed by atoms with van der Waals surface area (Å²) in [6, 6.07) is 3.58. The van der Waals surface area contributed by atoms with Crippen molar-refractivity contribution in [3.8, 4) is 11.1 Å². The van der Waals surface area contributed by atoms with E-state index in [-0.39, 0.29) is 5.82 Å². The maximum absolute atomic E-state index is 14.0. The van der Waals surface area contributed by atoms with Crippen LogP contribution in [0.4, 0.5) is 14.6 Å². The van der Waals surface area contributed by atoms with Gasteiger partial charge in [0.25, 0.3) is 0 Å². The van der Waals surface area contributed by atoms with Gasteiger partial charge in [-0.05, 0) is 36.8 Å². The van der Waals surface area contributed by atoms with Crippen molar-refractivity contribution in [1.82, 2.24) is 10.2 Å². The van der Waals surface area contributed by atoms with E-state index in [1.807, 2.05) is 0 Å². The molecule has 4 rings (SSSR count). The number of hydrogen-bond acceptors (Lipinski definition) is 2. The second kappa shape index (κ2) is 4.04. The number of nitrogens with two attached hydrogens (primary N) is 1. The number of aromatic nitrogens is 2. The Kier molecular flexibility index (Phi) is 2.40. The first-order valence-electron chi connectivity index (χ1n) is 6.96. The Morgan fingerprint density at radius 1 is 1.20 bits per heavy atom. The van der Waals surface area contributed by atoms with Crippen LogP contribution >= 0.6 is 0 Å². The lowest BCUT2D eigenvalue weighted by molar-refractivity contribution is 0.585. The standard InChI is InChI=1S/C15H15F2N3/c16-7-4-5-10(11(17)6-7)13-14(19-20-15(13)18)12-8-2-1-3-9(8)12/h4-6,8-9,12H,1-3H2,(H3,18,19,20). The van der Waals surface area contributed by atoms with Gasteiger partial charge in [0.15, 0.2) is 5.82 Å². The normalized spacial score (nSPS) is 27.6. The number of benzene rings is 1. The van der Waals surface area contributed by atoms with Gasteiger partial charge in [-0.2, -0.15) is 5.10 Å². The molecule has 5 heteroatoms. The largest absolute Gasteiger partial charge is 0.382 e. The van der Waals surface area contributed by atoms with Crippen molar-refractivity contribution in [1.29, 1.82) is 0 Å². The van der Waals surface area contributed by atoms with E-state index in [0.717, 1.165) is 11.8 Å². The first kappa shape index (κ1) is 11.9. The zero-order chi connectivity index (χ0) is 13.9. The molecular formula is C15H15F2N3. The molecule has 0 radical (unpaired) electrons. The Labute approximate surface area is 115 Å². The lowest BCUT2D eigenvalue weighted by atomic mass is 9.99. The highest BCUT2D eigenvalue weighted by Gasteiger charge is 2.55. The number of H-pyrrole nitrogens is 1. The summed E-state index contributed by atoms with van der Waals surface area (Å²) >= 11 is 0. The summed E-state index contributed by atoms with van der Waals surface area (Å²) in [6.45, 7) is 0. The molecule has 1 aromatic carbocycles. The van der Waals surface area contributed by atoms with E-state index in [1.54, 1.807) is 0 Å². The molecule has 2 fully saturated rings. The average molecular weight is 275 g/mol. The molecule has 104 valence electrons. The van der Waals surface area contributed by atoms with Gasteiger partial charge in [-0.15, -0.1) is 0 Å². The number of halogens is 2. The molecule has 2 atom stereocenters. The highest BCUT2D eigenvalue weighted by Crippen LogP contribution is 2.64. The molecule has 2 saturated carbocycles. The van der Waals surface area contributed by atoms with Crippen LogP contribution < -0.4 is 5.73 Å². The number of fused-ring (bicyclic) bond motifs is 1. The lowest BCUT2D eigenvalue weighted by Crippen LogP contribution is -1.95. The Bertz CT molecular complexity index is 670. The summed E-state index contributed by atoms with van der Waals surface area (Å²) in [5.74, 6) is 0.876. The van der Waals surface area contributed by atoms with Crippen molar-refractivity contribution in [3.63, 3.8) is 0 Å². The molecule has 2 aliphatic carbocycles. The first-order chi connectivity index (χ1) is 9.66. The van der Waals surface area contributed by atoms with Crippen molar-refractivity contribution in [2.24, 2.45) is 11.8 Å². The fourth-order valence-corrected chi connectivity index (χ4v) is 3.84. The Balaban J connectivity index is 1.80. The fraction of sp³-hybridized carbons (Fsp3) is 0.400. The highest BCUT2D eigenvalue weighted by atomic mass is 19.1. The number of aromatic amines is 1. The maximum atomic E-state index is 14.0. The summed E-state index contributed by atoms with van der Waals surface area (Å²) in [5.41, 5.74) is 7.76. The number of nitrogens with one attached hydrogen (secondary N) is 1. The van der Waals surface area contributed by atoms with Crippen LogP contribution in [0.3, 0.4) is 0 Å². The number of anilines is 1. The Morgan fingerprint density at radius 3 is 2.65 bits per heavy atom. The van der Waals surface area contributed by atoms with Gasteiger partial charge in [0.1, 0.15) is 11.6 Å². The monoisotopic (exact) mass is 275 g/mol. The van der Waals surface area contributed by atoms with E-state index in [4.69, 9.17) is 5.73 Å². The number of hydrogen-bond donors (Lipinski definition) is 2. The summed E-state index contributed by atoms with van der Waals surface area (Å²) < 4.78 is 27.1. The molecule has 3 nitrogen and oxygen atoms in total. The quantitative estimate of drug-likeness (QED) is 0.882. The SMILES string of the molecule is Nc1n[nH]c(C2C3CCCC32)c1-c1ccc(F)cc1F. The molecule has 1 heterocycles. The molecular weight excluding hydrogens is 260 g/mol. The fourth-order valence-electron chi connectivity index (χ4n) is 3.84. The molecule has 2 aliphatic rings. The number of nitrogen functional groups attached to an aromatic ring is 1. The molecule has 3 N–H and O–H groups in total. The van der Waals surface area contributed by atoms with Crippen LogP contribution in [0.25, 0.3) is 11.1 Å². The third kappa shape index (κ3) is 1.58. The molecule has 2 aromatic rings. The minimum absolute atomic E-state index is 0.287. The van der Waals surface area contributed by atoms with Crippen LogP contribution in [0.15, 0.2) is 18.2 Å². The van der Waals surface area contributed by atoms with Crippen LogP contribution in [-0.4, -0.2) is 10.2 Å². The third-order valence-corrected chi connectivity index (χ3v) is 4.76. The van der Waals surface area contributed by atoms with Gasteiger partial charge in [0, 0.05) is 28.8 Å². The number of nitrogens with zero attached hydrogens (tertiary/aromatic N) is 1. The van der Waals surface area contributed by atoms with Gasteiger partial charge < -0.3 is 5.73 Å². The lowest BCUT2D eigenvalue weighted by Gasteiger charge is -2.07. The molecule has 2 unspecified atom stereocenters. The van der Waals surface area contributed by atoms with Crippen molar-refractivity contribution in [2.75, 3.05) is 5.73 Å². The Hall–Kier alpha value is -1.91. The predicted octanol–water partition coefficient (Wildman–Crippen LogP) is 3.45. The minimum atomic E-state index is -0.592. The van der Waals surface area contributed by atoms with Crippen molar-refractivity contribution >= 4 is 5.82 Å². The van der Waals surface area contributed by atoms with Crippen LogP contribution in [0.1, 0.15) is 30.9 Å². The van der Waals surface area contributed by atoms with E-state index < -0.39 is 11.6 Å². The van der Waals surface area contributed by atoms with Gasteiger partial charge >= 0.3 is 0 Å². The maximum Gasteiger partial charge on any atom is 0.153 e. The molecule has 0 amide bonds. The summed E-state index contributed by atoms with van der Waals surface area (Å²) in [4.78, 5) is 0. The molecule has 0 bridgehead atoms. The van der Waals surface area contributed by atoms with Crippen LogP contribution in [0.2, 0.25) is 0 Å². The van der Waals surface area contributed by atoms with Crippen LogP contribution in [-0.2, 0) is 0 Å². The third-order valence-electron chi connectivity index (χ3n) is 4.76. The van der Waals surface area contributed by atoms with E-state index in [2.05, 4.69) is 10.2 Å². The molecule has 0 saturated heterocycles. The van der Waals surface area contributed by atoms with Crippen molar-refractivity contribution in [3.05, 3.63) is 35.5 Å². The van der Waals surface area contributed by atoms with E-state index >= 15 is 0 Å². The molecule has 0 spiro atoms. The molecule has 20 heavy (non-hydrogen) atoms. The van der Waals surface area contributed by atoms with Gasteiger partial charge in [0.2, 0.25) is 0 Å². The minimum Gasteiger partial charge on any atom is -0.382 e. The average Bonchev–Trinajstić information content (AvgIpc) is 2.76. The smallest absolute Gasteiger partial charge is 0.153 e. The molecule has 1 aromatic heterocycles. The van der Waals surface area contributed by atoms with Gasteiger partial charge in [-0.3, -0.25) is 5.10 Å². The van der Waals surface area contributed by atoms with Gasteiger partial charge in [-0.25, -0.2) is 8.78 Å². The van der Waals surface area contributed by atoms with E-state index in [9.17, 15) is 8.78 Å². The Morgan fingerprint density at radius 2 is 1.95 bits per heavy atom. The topological polar surface area (TPSA) is 54.7 Å². The van der Waals surface area contributed by atoms with E-state index in [0.29, 0.717) is 28.9 Å². The van der Waals surface area contributed by atoms with Gasteiger partial charge in [0.05, 0.1) is 0 Å². The molecule has 0 aliphatic heterocycles.